The van der Waals surface area contributed by atoms with E-state index in [1.165, 1.54) is 193 Å². The van der Waals surface area contributed by atoms with Gasteiger partial charge in [0.15, 0.2) is 6.71 Å². The second-order valence-corrected chi connectivity index (χ2v) is 31.9. The third-order valence-corrected chi connectivity index (χ3v) is 29.3. The maximum atomic E-state index is 3.59. The molecule has 10 atom stereocenters. The van der Waals surface area contributed by atoms with Gasteiger partial charge in [-0.05, 0) is 182 Å². The van der Waals surface area contributed by atoms with Crippen molar-refractivity contribution in [2.24, 2.45) is 57.7 Å². The Hall–Kier alpha value is -1.16. The van der Waals surface area contributed by atoms with Crippen LogP contribution in [0.4, 0.5) is 0 Å². The molecule has 10 unspecified atom stereocenters. The molecule has 402 valence electrons. The number of allylic oxidation sites excluding steroid dienone is 3. The first-order chi connectivity index (χ1) is 35.5. The number of likely N-dealkylation sites (tertiary alicyclic amines) is 1. The lowest BCUT2D eigenvalue weighted by Crippen LogP contribution is -2.70. The first-order valence-corrected chi connectivity index (χ1v) is 34.0. The molecule has 12 fully saturated rings. The van der Waals surface area contributed by atoms with Crippen LogP contribution in [-0.2, 0) is 0 Å². The summed E-state index contributed by atoms with van der Waals surface area (Å²) in [6.45, 7) is 18.3. The van der Waals surface area contributed by atoms with Crippen LogP contribution in [0.1, 0.15) is 286 Å². The van der Waals surface area contributed by atoms with Gasteiger partial charge < -0.3 is 9.80 Å². The molecule has 4 heteroatoms. The smallest absolute Gasteiger partial charge is 0.184 e. The molecule has 4 saturated heterocycles. The summed E-state index contributed by atoms with van der Waals surface area (Å²) >= 11 is 0. The Labute approximate surface area is 449 Å². The monoisotopic (exact) mass is 990 g/mol. The predicted octanol–water partition coefficient (Wildman–Crippen LogP) is 18.2. The molecule has 0 bridgehead atoms. The van der Waals surface area contributed by atoms with Crippen LogP contribution in [0.25, 0.3) is 0 Å². The van der Waals surface area contributed by atoms with E-state index in [9.17, 15) is 0 Å². The summed E-state index contributed by atoms with van der Waals surface area (Å²) in [6.07, 6.45) is 59.6. The van der Waals surface area contributed by atoms with Crippen LogP contribution in [0.2, 0.25) is 11.6 Å². The average molecular weight is 990 g/mol. The van der Waals surface area contributed by atoms with Crippen molar-refractivity contribution in [3.63, 3.8) is 0 Å². The van der Waals surface area contributed by atoms with Crippen molar-refractivity contribution in [3.05, 3.63) is 34.1 Å². The lowest BCUT2D eigenvalue weighted by Gasteiger charge is -2.65. The minimum atomic E-state index is 0.143. The van der Waals surface area contributed by atoms with E-state index in [0.29, 0.717) is 28.3 Å². The topological polar surface area (TPSA) is 9.72 Å². The molecule has 8 saturated carbocycles. The molecular formula is C69H108BN3. The zero-order valence-electron chi connectivity index (χ0n) is 48.4. The lowest BCUT2D eigenvalue weighted by atomic mass is 9.20. The summed E-state index contributed by atoms with van der Waals surface area (Å²) < 4.78 is 0. The molecular weight excluding hydrogens is 882 g/mol. The third-order valence-electron chi connectivity index (χ3n) is 29.3. The molecule has 73 heavy (non-hydrogen) atoms. The first kappa shape index (κ1) is 48.9. The molecule has 0 radical (unpaired) electrons. The van der Waals surface area contributed by atoms with E-state index in [2.05, 4.69) is 67.8 Å². The van der Waals surface area contributed by atoms with Gasteiger partial charge in [0.2, 0.25) is 0 Å². The Balaban J connectivity index is 0.941. The lowest BCUT2D eigenvalue weighted by molar-refractivity contribution is -0.0304. The van der Waals surface area contributed by atoms with Gasteiger partial charge in [-0.15, -0.1) is 0 Å². The van der Waals surface area contributed by atoms with Gasteiger partial charge >= 0.3 is 0 Å². The Kier molecular flexibility index (Phi) is 11.8. The highest BCUT2D eigenvalue weighted by Gasteiger charge is 2.78. The second-order valence-electron chi connectivity index (χ2n) is 31.9. The van der Waals surface area contributed by atoms with Gasteiger partial charge in [-0.3, -0.25) is 4.90 Å². The number of rotatable bonds is 4. The summed E-state index contributed by atoms with van der Waals surface area (Å²) in [7, 11) is 0. The van der Waals surface area contributed by atoms with Crippen LogP contribution in [0.15, 0.2) is 34.1 Å². The van der Waals surface area contributed by atoms with Gasteiger partial charge in [0.25, 0.3) is 0 Å². The van der Waals surface area contributed by atoms with Crippen molar-refractivity contribution in [2.45, 2.75) is 338 Å². The van der Waals surface area contributed by atoms with Crippen LogP contribution >= 0.6 is 0 Å². The number of hydrogen-bond acceptors (Lipinski definition) is 3. The molecule has 0 N–H and O–H groups in total. The number of fused-ring (bicyclic) bond motifs is 8. The Morgan fingerprint density at radius 3 is 1.59 bits per heavy atom. The average Bonchev–Trinajstić information content (AvgIpc) is 3.87. The van der Waals surface area contributed by atoms with Crippen LogP contribution in [0.3, 0.4) is 0 Å². The molecule has 5 heterocycles. The minimum absolute atomic E-state index is 0.143. The fourth-order valence-electron chi connectivity index (χ4n) is 26.9. The van der Waals surface area contributed by atoms with E-state index in [4.69, 9.17) is 0 Å². The van der Waals surface area contributed by atoms with E-state index in [0.717, 1.165) is 71.9 Å². The molecule has 0 aromatic rings. The van der Waals surface area contributed by atoms with Crippen molar-refractivity contribution < 1.29 is 0 Å². The number of nitrogens with zero attached hydrogens (tertiary/aromatic N) is 3. The molecule has 3 nitrogen and oxygen atoms in total. The Bertz CT molecular complexity index is 2210. The van der Waals surface area contributed by atoms with Gasteiger partial charge in [-0.25, -0.2) is 0 Å². The van der Waals surface area contributed by atoms with Crippen molar-refractivity contribution in [3.8, 4) is 0 Å². The molecule has 10 aliphatic carbocycles. The maximum Gasteiger partial charge on any atom is 0.184 e. The fourth-order valence-corrected chi connectivity index (χ4v) is 26.9. The highest BCUT2D eigenvalue weighted by molar-refractivity contribution is 6.71. The molecule has 3 spiro atoms. The molecule has 5 aliphatic heterocycles. The van der Waals surface area contributed by atoms with E-state index >= 15 is 0 Å². The summed E-state index contributed by atoms with van der Waals surface area (Å²) in [5.41, 5.74) is 11.8. The standard InChI is InChI=1S/C69H108BN3/c1-64(2)67(38-19-10-20-39-67)58-50(46-26-13-7-14-27-46)32-25-33-55(58)71(64)49-44-56-61-57(45-49)73-63-54(37-35-52(48-30-17-9-18-31-48)60(63)69(66(73,5)6)42-23-12-24-43-69)70(61)53-36-34-51(47-28-15-8-16-29-47)59-62(53)72(56)65(3,4)68(59)40-21-11-22-41-68/h33,46-49,51-54,56,59-60,62-63H,7-32,34-45H2,1-6H3. The highest BCUT2D eigenvalue weighted by atomic mass is 15.4. The van der Waals surface area contributed by atoms with Gasteiger partial charge in [-0.2, -0.15) is 0 Å². The maximum absolute atomic E-state index is 3.59. The van der Waals surface area contributed by atoms with Crippen LogP contribution in [0.5, 0.6) is 0 Å². The SMILES string of the molecule is CC1(C)N(C2CC3=C4B(C5CCC(C6CCCCC6)C6C5N3C(C)(C)C63CCCCC3)C3CCC(C5CCCCC5)C5C3N(C4C2)C(C)(C)C52CCCCC2)C2=CCCC(C3CCCCC3)=C2C12CCCCC2. The summed E-state index contributed by atoms with van der Waals surface area (Å²) in [5.74, 6) is 8.39. The quantitative estimate of drug-likeness (QED) is 0.260. The normalized spacial score (nSPS) is 42.5. The van der Waals surface area contributed by atoms with E-state index in [1.807, 2.05) is 22.5 Å². The van der Waals surface area contributed by atoms with Crippen LogP contribution in [0, 0.1) is 57.7 Å². The first-order valence-electron chi connectivity index (χ1n) is 34.0. The Morgan fingerprint density at radius 2 is 1.00 bits per heavy atom. The van der Waals surface area contributed by atoms with Crippen LogP contribution < -0.4 is 0 Å². The largest absolute Gasteiger partial charge is 0.367 e. The molecule has 0 amide bonds. The highest BCUT2D eigenvalue weighted by Crippen LogP contribution is 2.77. The molecule has 15 rings (SSSR count). The summed E-state index contributed by atoms with van der Waals surface area (Å²) in [4.78, 5) is 10.5. The Morgan fingerprint density at radius 1 is 0.493 bits per heavy atom. The van der Waals surface area contributed by atoms with Gasteiger partial charge in [0.1, 0.15) is 0 Å². The summed E-state index contributed by atoms with van der Waals surface area (Å²) in [5, 5.41) is 0. The van der Waals surface area contributed by atoms with E-state index < -0.39 is 0 Å². The zero-order chi connectivity index (χ0) is 49.3. The van der Waals surface area contributed by atoms with Crippen molar-refractivity contribution >= 4 is 6.71 Å². The van der Waals surface area contributed by atoms with E-state index in [-0.39, 0.29) is 16.6 Å². The van der Waals surface area contributed by atoms with Gasteiger partial charge in [-0.1, -0.05) is 184 Å². The van der Waals surface area contributed by atoms with Gasteiger partial charge in [0.05, 0.1) is 0 Å². The van der Waals surface area contributed by atoms with Gasteiger partial charge in [0, 0.05) is 64.0 Å². The molecule has 15 aliphatic rings. The van der Waals surface area contributed by atoms with Crippen molar-refractivity contribution in [1.82, 2.24) is 14.7 Å². The van der Waals surface area contributed by atoms with E-state index in [1.54, 1.807) is 51.4 Å². The summed E-state index contributed by atoms with van der Waals surface area (Å²) in [6, 6.07) is 2.80. The van der Waals surface area contributed by atoms with Crippen LogP contribution in [-0.4, -0.2) is 62.2 Å². The fraction of sp³-hybridized carbons (Fsp3) is 0.913. The zero-order valence-corrected chi connectivity index (χ0v) is 48.4. The molecule has 0 aromatic heterocycles. The predicted molar refractivity (Wildman–Crippen MR) is 305 cm³/mol. The third kappa shape index (κ3) is 6.47. The second kappa shape index (κ2) is 17.7. The van der Waals surface area contributed by atoms with Crippen molar-refractivity contribution in [1.29, 1.82) is 0 Å². The van der Waals surface area contributed by atoms with Crippen molar-refractivity contribution in [2.75, 3.05) is 0 Å². The minimum Gasteiger partial charge on any atom is -0.367 e. The number of hydrogen-bond donors (Lipinski definition) is 0. The molecule has 0 aromatic carbocycles.